The second kappa shape index (κ2) is 7.14. The van der Waals surface area contributed by atoms with Crippen LogP contribution < -0.4 is 10.2 Å². The van der Waals surface area contributed by atoms with Crippen molar-refractivity contribution in [3.8, 4) is 0 Å². The van der Waals surface area contributed by atoms with Gasteiger partial charge in [0, 0.05) is 42.1 Å². The summed E-state index contributed by atoms with van der Waals surface area (Å²) in [7, 11) is 0. The minimum Gasteiger partial charge on any atom is -0.365 e. The van der Waals surface area contributed by atoms with Crippen molar-refractivity contribution in [2.24, 2.45) is 0 Å². The average Bonchev–Trinajstić information content (AvgIpc) is 2.58. The molecule has 1 heterocycles. The van der Waals surface area contributed by atoms with Gasteiger partial charge < -0.3 is 15.1 Å². The van der Waals surface area contributed by atoms with Crippen LogP contribution in [0.1, 0.15) is 12.5 Å². The number of anilines is 2. The fourth-order valence-electron chi connectivity index (χ4n) is 3.00. The number of rotatable bonds is 2. The number of hydrogen-bond donors (Lipinski definition) is 1. The van der Waals surface area contributed by atoms with Crippen LogP contribution in [0.2, 0.25) is 5.02 Å². The highest BCUT2D eigenvalue weighted by atomic mass is 35.5. The number of hydrogen-bond acceptors (Lipinski definition) is 2. The Morgan fingerprint density at radius 1 is 1.08 bits per heavy atom. The van der Waals surface area contributed by atoms with E-state index in [0.29, 0.717) is 18.1 Å². The number of amides is 2. The number of nitrogens with zero attached hydrogens (tertiary/aromatic N) is 2. The molecule has 1 N–H and O–H groups in total. The van der Waals surface area contributed by atoms with Gasteiger partial charge >= 0.3 is 6.03 Å². The molecule has 1 unspecified atom stereocenters. The first-order valence-electron chi connectivity index (χ1n) is 8.18. The van der Waals surface area contributed by atoms with Gasteiger partial charge in [-0.25, -0.2) is 4.79 Å². The predicted octanol–water partition coefficient (Wildman–Crippen LogP) is 4.39. The number of carbonyl (C=O) groups is 1. The molecule has 0 aliphatic carbocycles. The number of aryl methyl sites for hydroxylation is 1. The quantitative estimate of drug-likeness (QED) is 0.877. The zero-order valence-electron chi connectivity index (χ0n) is 14.0. The van der Waals surface area contributed by atoms with E-state index in [4.69, 9.17) is 11.6 Å². The molecular formula is C19H22ClN3O. The molecule has 1 saturated heterocycles. The summed E-state index contributed by atoms with van der Waals surface area (Å²) in [6.45, 7) is 6.48. The maximum Gasteiger partial charge on any atom is 0.321 e. The Balaban J connectivity index is 1.61. The lowest BCUT2D eigenvalue weighted by Gasteiger charge is -2.41. The van der Waals surface area contributed by atoms with Crippen LogP contribution in [0.5, 0.6) is 0 Å². The highest BCUT2D eigenvalue weighted by molar-refractivity contribution is 6.30. The minimum atomic E-state index is -0.0623. The van der Waals surface area contributed by atoms with Gasteiger partial charge in [0.2, 0.25) is 0 Å². The Labute approximate surface area is 148 Å². The summed E-state index contributed by atoms with van der Waals surface area (Å²) in [6, 6.07) is 15.9. The average molecular weight is 344 g/mol. The molecule has 5 heteroatoms. The molecule has 1 aliphatic heterocycles. The first kappa shape index (κ1) is 16.7. The maximum absolute atomic E-state index is 12.4. The molecule has 2 amide bonds. The van der Waals surface area contributed by atoms with Crippen molar-refractivity contribution in [1.29, 1.82) is 0 Å². The van der Waals surface area contributed by atoms with Crippen LogP contribution in [0.25, 0.3) is 0 Å². The summed E-state index contributed by atoms with van der Waals surface area (Å²) in [5.41, 5.74) is 3.23. The summed E-state index contributed by atoms with van der Waals surface area (Å²) < 4.78 is 0. The Hall–Kier alpha value is -2.20. The van der Waals surface area contributed by atoms with Crippen LogP contribution in [-0.2, 0) is 0 Å². The van der Waals surface area contributed by atoms with E-state index >= 15 is 0 Å². The zero-order chi connectivity index (χ0) is 17.1. The van der Waals surface area contributed by atoms with Gasteiger partial charge in [-0.2, -0.15) is 0 Å². The lowest BCUT2D eigenvalue weighted by Crippen LogP contribution is -2.54. The Morgan fingerprint density at radius 2 is 1.75 bits per heavy atom. The topological polar surface area (TPSA) is 35.6 Å². The number of benzene rings is 2. The van der Waals surface area contributed by atoms with Gasteiger partial charge in [0.1, 0.15) is 0 Å². The molecule has 0 radical (unpaired) electrons. The van der Waals surface area contributed by atoms with E-state index in [-0.39, 0.29) is 12.1 Å². The summed E-state index contributed by atoms with van der Waals surface area (Å²) in [4.78, 5) is 16.7. The van der Waals surface area contributed by atoms with Crippen molar-refractivity contribution in [3.63, 3.8) is 0 Å². The van der Waals surface area contributed by atoms with E-state index in [9.17, 15) is 4.79 Å². The minimum absolute atomic E-state index is 0.0623. The van der Waals surface area contributed by atoms with E-state index in [0.717, 1.165) is 12.2 Å². The normalized spacial score (nSPS) is 17.7. The Kier molecular flexibility index (Phi) is 4.95. The molecule has 2 aromatic rings. The van der Waals surface area contributed by atoms with Gasteiger partial charge in [0.25, 0.3) is 0 Å². The summed E-state index contributed by atoms with van der Waals surface area (Å²) >= 11 is 5.87. The Morgan fingerprint density at radius 3 is 2.38 bits per heavy atom. The van der Waals surface area contributed by atoms with Crippen LogP contribution in [0.3, 0.4) is 0 Å². The third-order valence-electron chi connectivity index (χ3n) is 4.38. The van der Waals surface area contributed by atoms with E-state index < -0.39 is 0 Å². The van der Waals surface area contributed by atoms with Crippen molar-refractivity contribution in [3.05, 3.63) is 59.1 Å². The largest absolute Gasteiger partial charge is 0.365 e. The van der Waals surface area contributed by atoms with E-state index in [1.807, 2.05) is 17.0 Å². The third-order valence-corrected chi connectivity index (χ3v) is 4.63. The third kappa shape index (κ3) is 3.82. The number of halogens is 1. The van der Waals surface area contributed by atoms with Gasteiger partial charge in [-0.3, -0.25) is 0 Å². The molecule has 0 bridgehead atoms. The summed E-state index contributed by atoms with van der Waals surface area (Å²) in [5, 5.41) is 3.59. The molecule has 1 aliphatic rings. The molecule has 0 aromatic heterocycles. The van der Waals surface area contributed by atoms with Gasteiger partial charge in [0.05, 0.1) is 0 Å². The van der Waals surface area contributed by atoms with E-state index in [1.54, 1.807) is 12.1 Å². The SMILES string of the molecule is Cc1ccc(N2CCN(C(=O)Nc3ccc(Cl)cc3)CC2C)cc1. The van der Waals surface area contributed by atoms with Crippen LogP contribution in [0, 0.1) is 6.92 Å². The second-order valence-corrected chi connectivity index (χ2v) is 6.70. The van der Waals surface area contributed by atoms with Crippen molar-refractivity contribution in [1.82, 2.24) is 4.90 Å². The fraction of sp³-hybridized carbons (Fsp3) is 0.316. The predicted molar refractivity (Wildman–Crippen MR) is 100 cm³/mol. The van der Waals surface area contributed by atoms with Crippen molar-refractivity contribution < 1.29 is 4.79 Å². The molecule has 1 fully saturated rings. The van der Waals surface area contributed by atoms with Gasteiger partial charge in [-0.05, 0) is 50.2 Å². The highest BCUT2D eigenvalue weighted by Gasteiger charge is 2.26. The molecule has 126 valence electrons. The number of piperazine rings is 1. The van der Waals surface area contributed by atoms with Crippen molar-refractivity contribution in [2.45, 2.75) is 19.9 Å². The second-order valence-electron chi connectivity index (χ2n) is 6.26. The lowest BCUT2D eigenvalue weighted by molar-refractivity contribution is 0.200. The van der Waals surface area contributed by atoms with E-state index in [2.05, 4.69) is 48.3 Å². The standard InChI is InChI=1S/C19H22ClN3O/c1-14-3-9-18(10-4-14)23-12-11-22(13-15(23)2)19(24)21-17-7-5-16(20)6-8-17/h3-10,15H,11-13H2,1-2H3,(H,21,24). The van der Waals surface area contributed by atoms with Crippen molar-refractivity contribution in [2.75, 3.05) is 29.9 Å². The van der Waals surface area contributed by atoms with Crippen molar-refractivity contribution >= 4 is 29.0 Å². The highest BCUT2D eigenvalue weighted by Crippen LogP contribution is 2.22. The molecule has 24 heavy (non-hydrogen) atoms. The number of carbonyl (C=O) groups excluding carboxylic acids is 1. The number of nitrogens with one attached hydrogen (secondary N) is 1. The van der Waals surface area contributed by atoms with Crippen LogP contribution >= 0.6 is 11.6 Å². The molecule has 3 rings (SSSR count). The molecule has 2 aromatic carbocycles. The zero-order valence-corrected chi connectivity index (χ0v) is 14.8. The first-order chi connectivity index (χ1) is 11.5. The molecular weight excluding hydrogens is 322 g/mol. The molecule has 4 nitrogen and oxygen atoms in total. The molecule has 0 spiro atoms. The van der Waals surface area contributed by atoms with Crippen LogP contribution in [0.4, 0.5) is 16.2 Å². The Bertz CT molecular complexity index is 700. The van der Waals surface area contributed by atoms with E-state index in [1.165, 1.54) is 11.3 Å². The fourth-order valence-corrected chi connectivity index (χ4v) is 3.12. The first-order valence-corrected chi connectivity index (χ1v) is 8.55. The monoisotopic (exact) mass is 343 g/mol. The summed E-state index contributed by atoms with van der Waals surface area (Å²) in [5.74, 6) is 0. The maximum atomic E-state index is 12.4. The van der Waals surface area contributed by atoms with Gasteiger partial charge in [0.15, 0.2) is 0 Å². The van der Waals surface area contributed by atoms with Gasteiger partial charge in [-0.1, -0.05) is 29.3 Å². The van der Waals surface area contributed by atoms with Crippen LogP contribution in [0.15, 0.2) is 48.5 Å². The number of urea groups is 1. The smallest absolute Gasteiger partial charge is 0.321 e. The summed E-state index contributed by atoms with van der Waals surface area (Å²) in [6.07, 6.45) is 0. The molecule has 1 atom stereocenters. The van der Waals surface area contributed by atoms with Crippen LogP contribution in [-0.4, -0.2) is 36.6 Å². The van der Waals surface area contributed by atoms with Gasteiger partial charge in [-0.15, -0.1) is 0 Å². The molecule has 0 saturated carbocycles. The lowest BCUT2D eigenvalue weighted by atomic mass is 10.1.